The molecule has 0 bridgehead atoms. The Balaban J connectivity index is 2.66. The molecule has 0 N–H and O–H groups in total. The molecule has 2 aromatic rings. The smallest absolute Gasteiger partial charge is 0.271 e. The zero-order valence-corrected chi connectivity index (χ0v) is 11.1. The fraction of sp³-hybridized carbons (Fsp3) is 0.167. The van der Waals surface area contributed by atoms with Gasteiger partial charge in [0.25, 0.3) is 5.69 Å². The third-order valence-electron chi connectivity index (χ3n) is 2.65. The summed E-state index contributed by atoms with van der Waals surface area (Å²) in [6, 6.07) is 8.74. The molecule has 1 aromatic heterocycles. The lowest BCUT2D eigenvalue weighted by molar-refractivity contribution is -0.384. The van der Waals surface area contributed by atoms with Crippen molar-refractivity contribution >= 4 is 21.6 Å². The third-order valence-corrected chi connectivity index (χ3v) is 3.32. The molecule has 0 saturated carbocycles. The van der Waals surface area contributed by atoms with E-state index >= 15 is 0 Å². The van der Waals surface area contributed by atoms with Gasteiger partial charge in [0.05, 0.1) is 10.6 Å². The van der Waals surface area contributed by atoms with Crippen molar-refractivity contribution in [2.24, 2.45) is 0 Å². The molecule has 0 radical (unpaired) electrons. The van der Waals surface area contributed by atoms with Crippen LogP contribution >= 0.6 is 15.9 Å². The number of nitro groups is 1. The average molecular weight is 295 g/mol. The topological polar surface area (TPSA) is 48.1 Å². The Morgan fingerprint density at radius 2 is 1.76 bits per heavy atom. The predicted molar refractivity (Wildman–Crippen MR) is 69.6 cm³/mol. The molecule has 4 nitrogen and oxygen atoms in total. The van der Waals surface area contributed by atoms with E-state index in [-0.39, 0.29) is 10.6 Å². The summed E-state index contributed by atoms with van der Waals surface area (Å²) >= 11 is 3.43. The molecule has 0 fully saturated rings. The summed E-state index contributed by atoms with van der Waals surface area (Å²) in [7, 11) is 0. The second kappa shape index (κ2) is 4.33. The Labute approximate surface area is 107 Å². The van der Waals surface area contributed by atoms with E-state index < -0.39 is 0 Å². The Morgan fingerprint density at radius 1 is 1.18 bits per heavy atom. The van der Waals surface area contributed by atoms with Crippen LogP contribution in [0.5, 0.6) is 0 Å². The SMILES string of the molecule is Cc1ccc(C)n1-c1cc([N+](=O)[O-])ccc1Br. The van der Waals surface area contributed by atoms with Crippen molar-refractivity contribution in [3.63, 3.8) is 0 Å². The van der Waals surface area contributed by atoms with Gasteiger partial charge in [-0.05, 0) is 48.0 Å². The van der Waals surface area contributed by atoms with Gasteiger partial charge in [-0.1, -0.05) is 0 Å². The van der Waals surface area contributed by atoms with E-state index in [0.717, 1.165) is 21.5 Å². The van der Waals surface area contributed by atoms with Crippen LogP contribution in [0.2, 0.25) is 0 Å². The molecule has 2 rings (SSSR count). The van der Waals surface area contributed by atoms with Gasteiger partial charge in [0.1, 0.15) is 0 Å². The Kier molecular flexibility index (Phi) is 3.02. The largest absolute Gasteiger partial charge is 0.317 e. The molecule has 0 amide bonds. The van der Waals surface area contributed by atoms with Gasteiger partial charge in [-0.25, -0.2) is 0 Å². The van der Waals surface area contributed by atoms with Crippen LogP contribution in [-0.2, 0) is 0 Å². The van der Waals surface area contributed by atoms with Crippen LogP contribution in [0.4, 0.5) is 5.69 Å². The summed E-state index contributed by atoms with van der Waals surface area (Å²) in [5.41, 5.74) is 2.97. The maximum absolute atomic E-state index is 10.8. The van der Waals surface area contributed by atoms with E-state index in [9.17, 15) is 10.1 Å². The van der Waals surface area contributed by atoms with Crippen molar-refractivity contribution in [2.75, 3.05) is 0 Å². The number of aryl methyl sites for hydroxylation is 2. The summed E-state index contributed by atoms with van der Waals surface area (Å²) in [4.78, 5) is 10.4. The molecule has 0 unspecified atom stereocenters. The van der Waals surface area contributed by atoms with Crippen molar-refractivity contribution in [1.82, 2.24) is 4.57 Å². The van der Waals surface area contributed by atoms with E-state index in [0.29, 0.717) is 0 Å². The summed E-state index contributed by atoms with van der Waals surface area (Å²) in [6.45, 7) is 3.94. The van der Waals surface area contributed by atoms with Gasteiger partial charge in [0.2, 0.25) is 0 Å². The lowest BCUT2D eigenvalue weighted by atomic mass is 10.2. The molecule has 0 atom stereocenters. The highest BCUT2D eigenvalue weighted by molar-refractivity contribution is 9.10. The number of non-ortho nitro benzene ring substituents is 1. The molecule has 0 spiro atoms. The minimum absolute atomic E-state index is 0.0932. The fourth-order valence-electron chi connectivity index (χ4n) is 1.83. The summed E-state index contributed by atoms with van der Waals surface area (Å²) in [6.07, 6.45) is 0. The van der Waals surface area contributed by atoms with E-state index in [4.69, 9.17) is 0 Å². The van der Waals surface area contributed by atoms with Crippen LogP contribution in [-0.4, -0.2) is 9.49 Å². The first-order valence-electron chi connectivity index (χ1n) is 5.10. The normalized spacial score (nSPS) is 10.5. The summed E-state index contributed by atoms with van der Waals surface area (Å²) in [5, 5.41) is 10.8. The van der Waals surface area contributed by atoms with Gasteiger partial charge in [0.15, 0.2) is 0 Å². The fourth-order valence-corrected chi connectivity index (χ4v) is 2.26. The maximum Gasteiger partial charge on any atom is 0.271 e. The summed E-state index contributed by atoms with van der Waals surface area (Å²) in [5.74, 6) is 0. The molecule has 1 heterocycles. The number of rotatable bonds is 2. The quantitative estimate of drug-likeness (QED) is 0.625. The number of nitro benzene ring substituents is 1. The summed E-state index contributed by atoms with van der Waals surface area (Å²) < 4.78 is 2.82. The Hall–Kier alpha value is -1.62. The van der Waals surface area contributed by atoms with E-state index in [2.05, 4.69) is 15.9 Å². The average Bonchev–Trinajstić information content (AvgIpc) is 2.59. The number of hydrogen-bond acceptors (Lipinski definition) is 2. The van der Waals surface area contributed by atoms with Gasteiger partial charge in [-0.2, -0.15) is 0 Å². The Morgan fingerprint density at radius 3 is 2.29 bits per heavy atom. The van der Waals surface area contributed by atoms with Gasteiger partial charge < -0.3 is 4.57 Å². The second-order valence-electron chi connectivity index (χ2n) is 3.84. The zero-order chi connectivity index (χ0) is 12.6. The zero-order valence-electron chi connectivity index (χ0n) is 9.48. The van der Waals surface area contributed by atoms with Crippen molar-refractivity contribution in [3.8, 4) is 5.69 Å². The van der Waals surface area contributed by atoms with Gasteiger partial charge >= 0.3 is 0 Å². The molecule has 0 aliphatic rings. The number of hydrogen-bond donors (Lipinski definition) is 0. The van der Waals surface area contributed by atoms with E-state index in [1.165, 1.54) is 6.07 Å². The second-order valence-corrected chi connectivity index (χ2v) is 4.70. The number of halogens is 1. The molecule has 1 aromatic carbocycles. The van der Waals surface area contributed by atoms with Crippen molar-refractivity contribution in [3.05, 3.63) is 56.3 Å². The lowest BCUT2D eigenvalue weighted by Gasteiger charge is -2.11. The number of nitrogens with zero attached hydrogens (tertiary/aromatic N) is 2. The molecule has 0 saturated heterocycles. The molecule has 5 heteroatoms. The molecule has 0 aliphatic heterocycles. The van der Waals surface area contributed by atoms with Gasteiger partial charge in [-0.3, -0.25) is 10.1 Å². The molecule has 0 aliphatic carbocycles. The number of aromatic nitrogens is 1. The van der Waals surface area contributed by atoms with Crippen LogP contribution in [0.25, 0.3) is 5.69 Å². The molecular weight excluding hydrogens is 284 g/mol. The lowest BCUT2D eigenvalue weighted by Crippen LogP contribution is -2.01. The van der Waals surface area contributed by atoms with Crippen LogP contribution in [0, 0.1) is 24.0 Å². The van der Waals surface area contributed by atoms with Crippen LogP contribution in [0.3, 0.4) is 0 Å². The van der Waals surface area contributed by atoms with E-state index in [1.54, 1.807) is 12.1 Å². The van der Waals surface area contributed by atoms with Crippen LogP contribution < -0.4 is 0 Å². The highest BCUT2D eigenvalue weighted by atomic mass is 79.9. The highest BCUT2D eigenvalue weighted by Crippen LogP contribution is 2.28. The minimum Gasteiger partial charge on any atom is -0.317 e. The Bertz CT molecular complexity index is 571. The van der Waals surface area contributed by atoms with Crippen LogP contribution in [0.1, 0.15) is 11.4 Å². The van der Waals surface area contributed by atoms with Crippen molar-refractivity contribution < 1.29 is 4.92 Å². The van der Waals surface area contributed by atoms with Gasteiger partial charge in [-0.15, -0.1) is 0 Å². The van der Waals surface area contributed by atoms with E-state index in [1.807, 2.05) is 30.5 Å². The first kappa shape index (κ1) is 11.9. The first-order valence-corrected chi connectivity index (χ1v) is 5.89. The first-order chi connectivity index (χ1) is 8.00. The molecule has 17 heavy (non-hydrogen) atoms. The number of benzene rings is 1. The van der Waals surface area contributed by atoms with Crippen LogP contribution in [0.15, 0.2) is 34.8 Å². The predicted octanol–water partition coefficient (Wildman–Crippen LogP) is 3.76. The minimum atomic E-state index is -0.385. The molecule has 88 valence electrons. The maximum atomic E-state index is 10.8. The van der Waals surface area contributed by atoms with Gasteiger partial charge in [0, 0.05) is 28.0 Å². The molecular formula is C12H11BrN2O2. The van der Waals surface area contributed by atoms with Crippen molar-refractivity contribution in [1.29, 1.82) is 0 Å². The van der Waals surface area contributed by atoms with Crippen molar-refractivity contribution in [2.45, 2.75) is 13.8 Å². The monoisotopic (exact) mass is 294 g/mol. The third kappa shape index (κ3) is 2.10. The highest BCUT2D eigenvalue weighted by Gasteiger charge is 2.13. The standard InChI is InChI=1S/C12H11BrN2O2/c1-8-3-4-9(2)14(8)12-7-10(15(16)17)5-6-11(12)13/h3-7H,1-2H3.